The van der Waals surface area contributed by atoms with E-state index in [9.17, 15) is 14.4 Å². The van der Waals surface area contributed by atoms with Crippen molar-refractivity contribution >= 4 is 23.2 Å². The molecule has 2 aromatic rings. The molecule has 0 atom stereocenters. The van der Waals surface area contributed by atoms with Gasteiger partial charge in [-0.25, -0.2) is 9.78 Å². The molecule has 1 aliphatic heterocycles. The lowest BCUT2D eigenvalue weighted by Gasteiger charge is -2.36. The Labute approximate surface area is 206 Å². The fraction of sp³-hybridized carbons (Fsp3) is 0.600. The molecule has 0 aromatic carbocycles. The summed E-state index contributed by atoms with van der Waals surface area (Å²) in [7, 11) is 0. The van der Waals surface area contributed by atoms with Gasteiger partial charge in [-0.15, -0.1) is 0 Å². The van der Waals surface area contributed by atoms with Crippen LogP contribution < -0.4 is 26.8 Å². The van der Waals surface area contributed by atoms with Crippen LogP contribution in [0.3, 0.4) is 0 Å². The zero-order chi connectivity index (χ0) is 25.4. The van der Waals surface area contributed by atoms with Crippen LogP contribution in [0.25, 0.3) is 0 Å². The number of nitrogens with one attached hydrogen (secondary N) is 1. The number of carbonyl (C=O) groups is 1. The summed E-state index contributed by atoms with van der Waals surface area (Å²) < 4.78 is 1.43. The molecule has 3 N–H and O–H groups in total. The SMILES string of the molecule is CCCCn1c(N)c(N(CCC(=O)N2CCN(c3ccccn3)CC2)CCC(C)C)c(=O)[nH]c1=O. The standard InChI is InChI=1S/C25H39N7O3/c1-4-5-12-32-23(26)22(24(34)28-25(32)35)31(13-9-19(2)3)14-10-21(33)30-17-15-29(16-18-30)20-8-6-7-11-27-20/h6-8,11,19H,4-5,9-10,12-18,26H2,1-3H3,(H,28,34,35). The number of hydrogen-bond acceptors (Lipinski definition) is 7. The lowest BCUT2D eigenvalue weighted by Crippen LogP contribution is -2.49. The van der Waals surface area contributed by atoms with Crippen LogP contribution in [0.2, 0.25) is 0 Å². The lowest BCUT2D eigenvalue weighted by molar-refractivity contribution is -0.131. The number of hydrogen-bond donors (Lipinski definition) is 2. The smallest absolute Gasteiger partial charge is 0.330 e. The van der Waals surface area contributed by atoms with Gasteiger partial charge >= 0.3 is 5.69 Å². The predicted octanol–water partition coefficient (Wildman–Crippen LogP) is 1.91. The Hall–Kier alpha value is -3.30. The highest BCUT2D eigenvalue weighted by molar-refractivity contribution is 5.77. The number of piperazine rings is 1. The van der Waals surface area contributed by atoms with E-state index in [0.717, 1.165) is 38.2 Å². The number of aromatic amines is 1. The first-order chi connectivity index (χ1) is 16.8. The molecule has 0 radical (unpaired) electrons. The van der Waals surface area contributed by atoms with Gasteiger partial charge in [-0.1, -0.05) is 33.3 Å². The monoisotopic (exact) mass is 485 g/mol. The van der Waals surface area contributed by atoms with Gasteiger partial charge in [0.25, 0.3) is 5.56 Å². The minimum Gasteiger partial charge on any atom is -0.383 e. The van der Waals surface area contributed by atoms with Crippen LogP contribution in [-0.2, 0) is 11.3 Å². The van der Waals surface area contributed by atoms with E-state index >= 15 is 0 Å². The highest BCUT2D eigenvalue weighted by Crippen LogP contribution is 2.20. The Bertz CT molecular complexity index is 1070. The van der Waals surface area contributed by atoms with Crippen molar-refractivity contribution in [2.45, 2.75) is 53.0 Å². The van der Waals surface area contributed by atoms with E-state index in [-0.39, 0.29) is 23.8 Å². The van der Waals surface area contributed by atoms with Gasteiger partial charge in [0.1, 0.15) is 17.3 Å². The maximum Gasteiger partial charge on any atom is 0.330 e. The maximum absolute atomic E-state index is 13.0. The van der Waals surface area contributed by atoms with Gasteiger partial charge in [-0.05, 0) is 30.9 Å². The molecule has 35 heavy (non-hydrogen) atoms. The van der Waals surface area contributed by atoms with E-state index in [0.29, 0.717) is 38.6 Å². The number of anilines is 3. The molecule has 1 amide bonds. The van der Waals surface area contributed by atoms with Crippen LogP contribution in [0.5, 0.6) is 0 Å². The van der Waals surface area contributed by atoms with E-state index in [1.807, 2.05) is 34.9 Å². The van der Waals surface area contributed by atoms with Crippen molar-refractivity contribution in [1.82, 2.24) is 19.4 Å². The van der Waals surface area contributed by atoms with E-state index in [1.165, 1.54) is 4.57 Å². The number of amides is 1. The van der Waals surface area contributed by atoms with Crippen LogP contribution >= 0.6 is 0 Å². The van der Waals surface area contributed by atoms with Crippen LogP contribution in [0.1, 0.15) is 46.5 Å². The summed E-state index contributed by atoms with van der Waals surface area (Å²) in [6.45, 7) is 10.4. The first-order valence-corrected chi connectivity index (χ1v) is 12.6. The zero-order valence-corrected chi connectivity index (χ0v) is 21.2. The Morgan fingerprint density at radius 1 is 1.17 bits per heavy atom. The number of pyridine rings is 1. The quantitative estimate of drug-likeness (QED) is 0.499. The van der Waals surface area contributed by atoms with Crippen LogP contribution in [-0.4, -0.2) is 64.6 Å². The first kappa shape index (κ1) is 26.3. The molecule has 1 aliphatic rings. The number of aromatic nitrogens is 3. The molecule has 0 aliphatic carbocycles. The van der Waals surface area contributed by atoms with Crippen molar-refractivity contribution in [3.63, 3.8) is 0 Å². The third-order valence-corrected chi connectivity index (χ3v) is 6.44. The van der Waals surface area contributed by atoms with Gasteiger partial charge in [0, 0.05) is 58.4 Å². The van der Waals surface area contributed by atoms with E-state index < -0.39 is 11.2 Å². The molecule has 3 rings (SSSR count). The Morgan fingerprint density at radius 3 is 2.54 bits per heavy atom. The Balaban J connectivity index is 1.70. The number of H-pyrrole nitrogens is 1. The first-order valence-electron chi connectivity index (χ1n) is 12.6. The number of unbranched alkanes of at least 4 members (excludes halogenated alkanes) is 1. The topological polar surface area (TPSA) is 121 Å². The van der Waals surface area contributed by atoms with Crippen molar-refractivity contribution in [2.75, 3.05) is 54.8 Å². The second-order valence-electron chi connectivity index (χ2n) is 9.47. The molecule has 0 saturated carbocycles. The van der Waals surface area contributed by atoms with Crippen LogP contribution in [0.4, 0.5) is 17.3 Å². The molecule has 192 valence electrons. The van der Waals surface area contributed by atoms with Crippen molar-refractivity contribution in [3.8, 4) is 0 Å². The molecule has 1 fully saturated rings. The summed E-state index contributed by atoms with van der Waals surface area (Å²) in [5, 5.41) is 0. The molecule has 2 aromatic heterocycles. The summed E-state index contributed by atoms with van der Waals surface area (Å²) in [5.74, 6) is 1.56. The minimum absolute atomic E-state index is 0.0505. The summed E-state index contributed by atoms with van der Waals surface area (Å²) in [4.78, 5) is 50.9. The van der Waals surface area contributed by atoms with E-state index in [1.54, 1.807) is 6.20 Å². The number of carbonyl (C=O) groups excluding carboxylic acids is 1. The summed E-state index contributed by atoms with van der Waals surface area (Å²) in [5.41, 5.74) is 5.64. The fourth-order valence-corrected chi connectivity index (χ4v) is 4.29. The second-order valence-corrected chi connectivity index (χ2v) is 9.47. The van der Waals surface area contributed by atoms with Gasteiger partial charge in [0.05, 0.1) is 0 Å². The number of rotatable bonds is 11. The Kier molecular flexibility index (Phi) is 9.33. The molecule has 0 bridgehead atoms. The summed E-state index contributed by atoms with van der Waals surface area (Å²) in [6, 6.07) is 5.83. The molecular weight excluding hydrogens is 446 g/mol. The highest BCUT2D eigenvalue weighted by Gasteiger charge is 2.24. The zero-order valence-electron chi connectivity index (χ0n) is 21.2. The molecule has 1 saturated heterocycles. The maximum atomic E-state index is 13.0. The van der Waals surface area contributed by atoms with Gasteiger partial charge in [0.15, 0.2) is 0 Å². The van der Waals surface area contributed by atoms with Crippen molar-refractivity contribution < 1.29 is 4.79 Å². The van der Waals surface area contributed by atoms with E-state index in [2.05, 4.69) is 28.7 Å². The third-order valence-electron chi connectivity index (χ3n) is 6.44. The van der Waals surface area contributed by atoms with Crippen LogP contribution in [0, 0.1) is 5.92 Å². The number of nitrogens with zero attached hydrogens (tertiary/aromatic N) is 5. The molecule has 0 unspecified atom stereocenters. The third kappa shape index (κ3) is 6.86. The van der Waals surface area contributed by atoms with Crippen molar-refractivity contribution in [3.05, 3.63) is 45.2 Å². The summed E-state index contributed by atoms with van der Waals surface area (Å²) >= 11 is 0. The molecule has 10 nitrogen and oxygen atoms in total. The van der Waals surface area contributed by atoms with Crippen molar-refractivity contribution in [2.24, 2.45) is 5.92 Å². The number of nitrogen functional groups attached to an aromatic ring is 1. The molecule has 0 spiro atoms. The molecule has 10 heteroatoms. The average Bonchev–Trinajstić information content (AvgIpc) is 2.85. The fourth-order valence-electron chi connectivity index (χ4n) is 4.29. The van der Waals surface area contributed by atoms with Gasteiger partial charge in [-0.3, -0.25) is 19.1 Å². The molecule has 3 heterocycles. The number of nitrogens with two attached hydrogens (primary N) is 1. The average molecular weight is 486 g/mol. The molecular formula is C25H39N7O3. The lowest BCUT2D eigenvalue weighted by atomic mass is 10.1. The normalized spacial score (nSPS) is 13.9. The van der Waals surface area contributed by atoms with Crippen LogP contribution in [0.15, 0.2) is 34.0 Å². The van der Waals surface area contributed by atoms with E-state index in [4.69, 9.17) is 5.73 Å². The largest absolute Gasteiger partial charge is 0.383 e. The summed E-state index contributed by atoms with van der Waals surface area (Å²) in [6.07, 6.45) is 4.57. The minimum atomic E-state index is -0.500. The Morgan fingerprint density at radius 2 is 1.91 bits per heavy atom. The van der Waals surface area contributed by atoms with Crippen molar-refractivity contribution in [1.29, 1.82) is 0 Å². The second kappa shape index (κ2) is 12.4. The van der Waals surface area contributed by atoms with Gasteiger partial charge < -0.3 is 20.4 Å². The highest BCUT2D eigenvalue weighted by atomic mass is 16.2. The van der Waals surface area contributed by atoms with Gasteiger partial charge in [-0.2, -0.15) is 0 Å². The van der Waals surface area contributed by atoms with Gasteiger partial charge in [0.2, 0.25) is 5.91 Å². The predicted molar refractivity (Wildman–Crippen MR) is 140 cm³/mol.